The lowest BCUT2D eigenvalue weighted by molar-refractivity contribution is 0.121. The number of nitrogens with zero attached hydrogens (tertiary/aromatic N) is 1. The summed E-state index contributed by atoms with van der Waals surface area (Å²) in [6.07, 6.45) is 0.597. The van der Waals surface area contributed by atoms with Crippen molar-refractivity contribution in [3.63, 3.8) is 0 Å². The van der Waals surface area contributed by atoms with E-state index in [1.165, 1.54) is 7.11 Å². The third kappa shape index (κ3) is 1.63. The zero-order valence-corrected chi connectivity index (χ0v) is 6.91. The second kappa shape index (κ2) is 3.09. The first-order chi connectivity index (χ1) is 5.15. The molecule has 0 unspecified atom stereocenters. The largest absolute Gasteiger partial charge is 0.453 e. The second-order valence-electron chi connectivity index (χ2n) is 2.97. The van der Waals surface area contributed by atoms with Crippen molar-refractivity contribution in [3.05, 3.63) is 0 Å². The minimum atomic E-state index is -0.273. The van der Waals surface area contributed by atoms with Gasteiger partial charge in [0.25, 0.3) is 0 Å². The average molecular weight is 158 g/mol. The normalized spacial score (nSPS) is 30.6. The van der Waals surface area contributed by atoms with Crippen molar-refractivity contribution < 1.29 is 9.53 Å². The fourth-order valence-corrected chi connectivity index (χ4v) is 1.44. The van der Waals surface area contributed by atoms with E-state index in [2.05, 4.69) is 4.74 Å². The maximum Gasteiger partial charge on any atom is 0.409 e. The van der Waals surface area contributed by atoms with Gasteiger partial charge in [-0.15, -0.1) is 0 Å². The number of likely N-dealkylation sites (tertiary alicyclic amines) is 1. The van der Waals surface area contributed by atoms with E-state index in [1.807, 2.05) is 6.92 Å². The van der Waals surface area contributed by atoms with Crippen LogP contribution in [0.3, 0.4) is 0 Å². The molecule has 1 rings (SSSR count). The molecular formula is C7H14N2O2. The third-order valence-electron chi connectivity index (χ3n) is 2.02. The lowest BCUT2D eigenvalue weighted by atomic mass is 10.2. The van der Waals surface area contributed by atoms with Crippen LogP contribution >= 0.6 is 0 Å². The van der Waals surface area contributed by atoms with Crippen LogP contribution in [0.4, 0.5) is 4.79 Å². The van der Waals surface area contributed by atoms with E-state index in [4.69, 9.17) is 5.73 Å². The van der Waals surface area contributed by atoms with Gasteiger partial charge in [-0.1, -0.05) is 0 Å². The highest BCUT2D eigenvalue weighted by molar-refractivity contribution is 5.68. The fraction of sp³-hybridized carbons (Fsp3) is 0.857. The number of ether oxygens (including phenoxy) is 1. The summed E-state index contributed by atoms with van der Waals surface area (Å²) in [5.74, 6) is 0. The van der Waals surface area contributed by atoms with Crippen molar-refractivity contribution in [1.29, 1.82) is 0 Å². The van der Waals surface area contributed by atoms with Crippen molar-refractivity contribution in [1.82, 2.24) is 4.90 Å². The van der Waals surface area contributed by atoms with Gasteiger partial charge in [0, 0.05) is 18.6 Å². The van der Waals surface area contributed by atoms with Crippen molar-refractivity contribution in [3.8, 4) is 0 Å². The van der Waals surface area contributed by atoms with Crippen LogP contribution < -0.4 is 5.73 Å². The number of hydrogen-bond donors (Lipinski definition) is 1. The number of amides is 1. The molecule has 0 radical (unpaired) electrons. The molecule has 0 aromatic heterocycles. The molecule has 1 aliphatic rings. The van der Waals surface area contributed by atoms with Gasteiger partial charge in [0.15, 0.2) is 0 Å². The first kappa shape index (κ1) is 8.33. The molecule has 0 aromatic rings. The van der Waals surface area contributed by atoms with Gasteiger partial charge in [-0.3, -0.25) is 0 Å². The van der Waals surface area contributed by atoms with Crippen LogP contribution in [0.15, 0.2) is 0 Å². The van der Waals surface area contributed by atoms with Gasteiger partial charge >= 0.3 is 6.09 Å². The Morgan fingerprint density at radius 2 is 2.36 bits per heavy atom. The van der Waals surface area contributed by atoms with E-state index < -0.39 is 0 Å². The zero-order chi connectivity index (χ0) is 8.43. The van der Waals surface area contributed by atoms with Gasteiger partial charge in [0.05, 0.1) is 7.11 Å². The molecule has 0 aromatic carbocycles. The monoisotopic (exact) mass is 158 g/mol. The zero-order valence-electron chi connectivity index (χ0n) is 6.91. The molecule has 0 bridgehead atoms. The maximum atomic E-state index is 11.0. The molecule has 11 heavy (non-hydrogen) atoms. The third-order valence-corrected chi connectivity index (χ3v) is 2.02. The van der Waals surface area contributed by atoms with E-state index in [0.717, 1.165) is 6.42 Å². The van der Waals surface area contributed by atoms with E-state index in [9.17, 15) is 4.79 Å². The summed E-state index contributed by atoms with van der Waals surface area (Å²) in [4.78, 5) is 12.7. The summed E-state index contributed by atoms with van der Waals surface area (Å²) in [5, 5.41) is 0. The lowest BCUT2D eigenvalue weighted by Crippen LogP contribution is -2.35. The summed E-state index contributed by atoms with van der Waals surface area (Å²) in [7, 11) is 1.39. The van der Waals surface area contributed by atoms with Crippen molar-refractivity contribution in [2.24, 2.45) is 5.73 Å². The molecule has 2 N–H and O–H groups in total. The quantitative estimate of drug-likeness (QED) is 0.547. The van der Waals surface area contributed by atoms with Crippen LogP contribution in [0.25, 0.3) is 0 Å². The van der Waals surface area contributed by atoms with E-state index >= 15 is 0 Å². The van der Waals surface area contributed by atoms with Crippen LogP contribution in [0, 0.1) is 0 Å². The standard InChI is InChI=1S/C7H14N2O2/c1-5-3-6(8)4-9(5)7(10)11-2/h5-6H,3-4,8H2,1-2H3/t5-,6-/m1/s1. The Labute approximate surface area is 66.3 Å². The number of carbonyl (C=O) groups excluding carboxylic acids is 1. The van der Waals surface area contributed by atoms with Gasteiger partial charge in [-0.05, 0) is 13.3 Å². The van der Waals surface area contributed by atoms with Crippen LogP contribution in [0.2, 0.25) is 0 Å². The number of methoxy groups -OCH3 is 1. The second-order valence-corrected chi connectivity index (χ2v) is 2.97. The lowest BCUT2D eigenvalue weighted by Gasteiger charge is -2.18. The Morgan fingerprint density at radius 3 is 2.73 bits per heavy atom. The van der Waals surface area contributed by atoms with Gasteiger partial charge in [-0.2, -0.15) is 0 Å². The molecule has 1 aliphatic heterocycles. The smallest absolute Gasteiger partial charge is 0.409 e. The van der Waals surface area contributed by atoms with Crippen molar-refractivity contribution in [2.75, 3.05) is 13.7 Å². The molecule has 1 fully saturated rings. The highest BCUT2D eigenvalue weighted by atomic mass is 16.5. The average Bonchev–Trinajstić information content (AvgIpc) is 2.28. The van der Waals surface area contributed by atoms with Crippen LogP contribution in [-0.4, -0.2) is 36.7 Å². The molecule has 64 valence electrons. The first-order valence-electron chi connectivity index (χ1n) is 3.75. The summed E-state index contributed by atoms with van der Waals surface area (Å²) in [6.45, 7) is 2.59. The first-order valence-corrected chi connectivity index (χ1v) is 3.75. The maximum absolute atomic E-state index is 11.0. The topological polar surface area (TPSA) is 55.6 Å². The number of carbonyl (C=O) groups is 1. The Bertz CT molecular complexity index is 161. The van der Waals surface area contributed by atoms with Crippen LogP contribution in [0.5, 0.6) is 0 Å². The number of nitrogens with two attached hydrogens (primary N) is 1. The van der Waals surface area contributed by atoms with Gasteiger partial charge < -0.3 is 15.4 Å². The van der Waals surface area contributed by atoms with Gasteiger partial charge in [-0.25, -0.2) is 4.79 Å². The molecule has 0 spiro atoms. The molecule has 1 heterocycles. The highest BCUT2D eigenvalue weighted by Crippen LogP contribution is 2.16. The summed E-state index contributed by atoms with van der Waals surface area (Å²) in [6, 6.07) is 0.335. The predicted octanol–water partition coefficient (Wildman–Crippen LogP) is 0.174. The summed E-state index contributed by atoms with van der Waals surface area (Å²) < 4.78 is 4.58. The fourth-order valence-electron chi connectivity index (χ4n) is 1.44. The summed E-state index contributed by atoms with van der Waals surface area (Å²) >= 11 is 0. The molecule has 0 aliphatic carbocycles. The SMILES string of the molecule is COC(=O)N1C[C@H](N)C[C@H]1C. The molecule has 2 atom stereocenters. The molecule has 0 saturated carbocycles. The Hall–Kier alpha value is -0.770. The van der Waals surface area contributed by atoms with Crippen LogP contribution in [0.1, 0.15) is 13.3 Å². The van der Waals surface area contributed by atoms with E-state index in [-0.39, 0.29) is 18.2 Å². The van der Waals surface area contributed by atoms with E-state index in [0.29, 0.717) is 6.54 Å². The summed E-state index contributed by atoms with van der Waals surface area (Å²) in [5.41, 5.74) is 5.66. The molecule has 4 nitrogen and oxygen atoms in total. The highest BCUT2D eigenvalue weighted by Gasteiger charge is 2.30. The van der Waals surface area contributed by atoms with Gasteiger partial charge in [0.2, 0.25) is 0 Å². The van der Waals surface area contributed by atoms with Crippen molar-refractivity contribution in [2.45, 2.75) is 25.4 Å². The Balaban J connectivity index is 2.52. The minimum absolute atomic E-state index is 0.115. The van der Waals surface area contributed by atoms with Gasteiger partial charge in [0.1, 0.15) is 0 Å². The Morgan fingerprint density at radius 1 is 1.73 bits per heavy atom. The van der Waals surface area contributed by atoms with Crippen molar-refractivity contribution >= 4 is 6.09 Å². The molecular weight excluding hydrogens is 144 g/mol. The Kier molecular flexibility index (Phi) is 2.34. The predicted molar refractivity (Wildman–Crippen MR) is 41.2 cm³/mol. The minimum Gasteiger partial charge on any atom is -0.453 e. The van der Waals surface area contributed by atoms with E-state index in [1.54, 1.807) is 4.90 Å². The number of rotatable bonds is 0. The molecule has 1 amide bonds. The van der Waals surface area contributed by atoms with Crippen LogP contribution in [-0.2, 0) is 4.74 Å². The molecule has 4 heteroatoms. The molecule has 1 saturated heterocycles. The number of hydrogen-bond acceptors (Lipinski definition) is 3.